The number of fused-ring (bicyclic) bond motifs is 1. The number of carbonyl (C=O) groups is 2. The van der Waals surface area contributed by atoms with Crippen molar-refractivity contribution in [3.63, 3.8) is 0 Å². The second-order valence-corrected chi connectivity index (χ2v) is 9.28. The number of thiophene rings is 1. The van der Waals surface area contributed by atoms with Crippen molar-refractivity contribution in [2.45, 2.75) is 12.8 Å². The molecule has 2 aliphatic rings. The number of benzene rings is 2. The highest BCUT2D eigenvalue weighted by molar-refractivity contribution is 7.13. The maximum Gasteiger partial charge on any atom is 0.254 e. The molecular weight excluding hydrogens is 424 g/mol. The zero-order valence-electron chi connectivity index (χ0n) is 17.6. The molecule has 2 aromatic carbocycles. The lowest BCUT2D eigenvalue weighted by Gasteiger charge is -2.26. The average molecular weight is 449 g/mol. The van der Waals surface area contributed by atoms with Crippen molar-refractivity contribution in [3.8, 4) is 21.9 Å². The van der Waals surface area contributed by atoms with Gasteiger partial charge in [0.1, 0.15) is 13.2 Å². The number of carbonyl (C=O) groups excluding carboxylic acids is 2. The average Bonchev–Trinajstić information content (AvgIpc) is 3.50. The van der Waals surface area contributed by atoms with E-state index in [0.29, 0.717) is 56.2 Å². The largest absolute Gasteiger partial charge is 0.486 e. The minimum Gasteiger partial charge on any atom is -0.486 e. The molecular formula is C25H24N2O4S. The molecule has 2 aliphatic heterocycles. The molecule has 164 valence electrons. The first kappa shape index (κ1) is 20.6. The summed E-state index contributed by atoms with van der Waals surface area (Å²) in [5.74, 6) is 0.730. The Labute approximate surface area is 190 Å². The summed E-state index contributed by atoms with van der Waals surface area (Å²) in [7, 11) is 0. The van der Waals surface area contributed by atoms with E-state index < -0.39 is 5.41 Å². The Kier molecular flexibility index (Phi) is 5.35. The lowest BCUT2D eigenvalue weighted by molar-refractivity contribution is -0.126. The van der Waals surface area contributed by atoms with Crippen LogP contribution >= 0.6 is 11.3 Å². The van der Waals surface area contributed by atoms with Crippen LogP contribution in [0.15, 0.2) is 60.0 Å². The van der Waals surface area contributed by atoms with E-state index in [4.69, 9.17) is 15.2 Å². The van der Waals surface area contributed by atoms with E-state index >= 15 is 0 Å². The number of primary amides is 1. The van der Waals surface area contributed by atoms with Gasteiger partial charge in [-0.25, -0.2) is 0 Å². The summed E-state index contributed by atoms with van der Waals surface area (Å²) in [5.41, 5.74) is 7.81. The molecule has 3 aromatic rings. The van der Waals surface area contributed by atoms with Crippen LogP contribution in [-0.4, -0.2) is 43.0 Å². The fourth-order valence-electron chi connectivity index (χ4n) is 4.51. The number of nitrogens with two attached hydrogens (primary N) is 1. The SMILES string of the molecule is NC(=O)[C@]1(Cc2cccc(-c3cccs3)c2)CCN(C(=O)c2ccc3c(c2)OCCO3)C1. The number of ether oxygens (including phenoxy) is 2. The van der Waals surface area contributed by atoms with Gasteiger partial charge < -0.3 is 20.1 Å². The van der Waals surface area contributed by atoms with Crippen molar-refractivity contribution in [3.05, 3.63) is 71.1 Å². The third kappa shape index (κ3) is 3.84. The van der Waals surface area contributed by atoms with Gasteiger partial charge in [-0.1, -0.05) is 30.3 Å². The van der Waals surface area contributed by atoms with Crippen molar-refractivity contribution in [2.24, 2.45) is 11.1 Å². The van der Waals surface area contributed by atoms with Gasteiger partial charge in [0, 0.05) is 23.5 Å². The van der Waals surface area contributed by atoms with Crippen molar-refractivity contribution >= 4 is 23.2 Å². The predicted molar refractivity (Wildman–Crippen MR) is 123 cm³/mol. The summed E-state index contributed by atoms with van der Waals surface area (Å²) < 4.78 is 11.1. The van der Waals surface area contributed by atoms with E-state index in [1.54, 1.807) is 34.4 Å². The topological polar surface area (TPSA) is 81.9 Å². The highest BCUT2D eigenvalue weighted by Crippen LogP contribution is 2.37. The number of hydrogen-bond donors (Lipinski definition) is 1. The van der Waals surface area contributed by atoms with Crippen LogP contribution in [0.2, 0.25) is 0 Å². The highest BCUT2D eigenvalue weighted by Gasteiger charge is 2.45. The molecule has 0 aliphatic carbocycles. The van der Waals surface area contributed by atoms with E-state index in [1.807, 2.05) is 23.6 Å². The number of likely N-dealkylation sites (tertiary alicyclic amines) is 1. The van der Waals surface area contributed by atoms with Gasteiger partial charge in [-0.05, 0) is 53.6 Å². The molecule has 1 atom stereocenters. The zero-order chi connectivity index (χ0) is 22.1. The minimum atomic E-state index is -0.780. The third-order valence-electron chi connectivity index (χ3n) is 6.23. The minimum absolute atomic E-state index is 0.127. The number of amides is 2. The van der Waals surface area contributed by atoms with Gasteiger partial charge in [0.15, 0.2) is 11.5 Å². The maximum atomic E-state index is 13.2. The van der Waals surface area contributed by atoms with Crippen LogP contribution in [0, 0.1) is 5.41 Å². The first-order valence-electron chi connectivity index (χ1n) is 10.7. The van der Waals surface area contributed by atoms with E-state index in [2.05, 4.69) is 18.2 Å². The maximum absolute atomic E-state index is 13.2. The Hall–Kier alpha value is -3.32. The Morgan fingerprint density at radius 3 is 2.66 bits per heavy atom. The third-order valence-corrected chi connectivity index (χ3v) is 7.15. The van der Waals surface area contributed by atoms with Gasteiger partial charge in [-0.2, -0.15) is 0 Å². The molecule has 7 heteroatoms. The lowest BCUT2D eigenvalue weighted by atomic mass is 9.80. The molecule has 5 rings (SSSR count). The van der Waals surface area contributed by atoms with Gasteiger partial charge in [0.25, 0.3) is 5.91 Å². The van der Waals surface area contributed by atoms with Crippen molar-refractivity contribution in [1.29, 1.82) is 0 Å². The summed E-state index contributed by atoms with van der Waals surface area (Å²) in [4.78, 5) is 28.7. The molecule has 0 radical (unpaired) electrons. The Morgan fingerprint density at radius 2 is 1.88 bits per heavy atom. The smallest absolute Gasteiger partial charge is 0.254 e. The molecule has 32 heavy (non-hydrogen) atoms. The van der Waals surface area contributed by atoms with Crippen molar-refractivity contribution < 1.29 is 19.1 Å². The summed E-state index contributed by atoms with van der Waals surface area (Å²) in [6.07, 6.45) is 1.05. The zero-order valence-corrected chi connectivity index (χ0v) is 18.4. The number of nitrogens with zero attached hydrogens (tertiary/aromatic N) is 1. The van der Waals surface area contributed by atoms with E-state index in [0.717, 1.165) is 11.1 Å². The van der Waals surface area contributed by atoms with Crippen LogP contribution in [0.3, 0.4) is 0 Å². The van der Waals surface area contributed by atoms with E-state index in [9.17, 15) is 9.59 Å². The first-order valence-corrected chi connectivity index (χ1v) is 11.5. The van der Waals surface area contributed by atoms with Crippen LogP contribution in [0.25, 0.3) is 10.4 Å². The Bertz CT molecular complexity index is 1160. The van der Waals surface area contributed by atoms with Gasteiger partial charge >= 0.3 is 0 Å². The predicted octanol–water partition coefficient (Wildman–Crippen LogP) is 3.75. The fraction of sp³-hybridized carbons (Fsp3) is 0.280. The van der Waals surface area contributed by atoms with Gasteiger partial charge in [0.05, 0.1) is 5.41 Å². The van der Waals surface area contributed by atoms with E-state index in [1.165, 1.54) is 4.88 Å². The monoisotopic (exact) mass is 448 g/mol. The van der Waals surface area contributed by atoms with Crippen molar-refractivity contribution in [2.75, 3.05) is 26.3 Å². The van der Waals surface area contributed by atoms with E-state index in [-0.39, 0.29) is 11.8 Å². The standard InChI is InChI=1S/C25H24N2O4S/c26-24(29)25(15-17-3-1-4-18(13-17)22-5-2-12-32-22)8-9-27(16-25)23(28)19-6-7-20-21(14-19)31-11-10-30-20/h1-7,12-14H,8-11,15-16H2,(H2,26,29)/t25-/m0/s1. The van der Waals surface area contributed by atoms with Crippen LogP contribution in [-0.2, 0) is 11.2 Å². The summed E-state index contributed by atoms with van der Waals surface area (Å²) in [6, 6.07) is 17.5. The molecule has 0 bridgehead atoms. The lowest BCUT2D eigenvalue weighted by Crippen LogP contribution is -2.42. The number of hydrogen-bond acceptors (Lipinski definition) is 5. The normalized spacial score (nSPS) is 19.7. The van der Waals surface area contributed by atoms with Crippen molar-refractivity contribution in [1.82, 2.24) is 4.90 Å². The molecule has 3 heterocycles. The van der Waals surface area contributed by atoms with Gasteiger partial charge in [0.2, 0.25) is 5.91 Å². The molecule has 2 N–H and O–H groups in total. The molecule has 0 unspecified atom stereocenters. The van der Waals surface area contributed by atoms with Gasteiger partial charge in [-0.15, -0.1) is 11.3 Å². The molecule has 0 spiro atoms. The first-order chi connectivity index (χ1) is 15.5. The number of rotatable bonds is 5. The van der Waals surface area contributed by atoms with Gasteiger partial charge in [-0.3, -0.25) is 9.59 Å². The summed E-state index contributed by atoms with van der Waals surface area (Å²) in [6.45, 7) is 1.75. The Balaban J connectivity index is 1.36. The molecule has 6 nitrogen and oxygen atoms in total. The fourth-order valence-corrected chi connectivity index (χ4v) is 5.23. The molecule has 0 saturated carbocycles. The Morgan fingerprint density at radius 1 is 1.03 bits per heavy atom. The molecule has 1 aromatic heterocycles. The van der Waals surface area contributed by atoms with Crippen LogP contribution < -0.4 is 15.2 Å². The second kappa shape index (κ2) is 8.31. The molecule has 1 saturated heterocycles. The molecule has 1 fully saturated rings. The van der Waals surface area contributed by atoms with Crippen LogP contribution in [0.5, 0.6) is 11.5 Å². The molecule has 2 amide bonds. The van der Waals surface area contributed by atoms with Crippen LogP contribution in [0.1, 0.15) is 22.3 Å². The van der Waals surface area contributed by atoms with Crippen LogP contribution in [0.4, 0.5) is 0 Å². The summed E-state index contributed by atoms with van der Waals surface area (Å²) >= 11 is 1.68. The quantitative estimate of drug-likeness (QED) is 0.645. The second-order valence-electron chi connectivity index (χ2n) is 8.33. The highest BCUT2D eigenvalue weighted by atomic mass is 32.1. The summed E-state index contributed by atoms with van der Waals surface area (Å²) in [5, 5.41) is 2.05.